The summed E-state index contributed by atoms with van der Waals surface area (Å²) in [7, 11) is 0. The maximum atomic E-state index is 10.9. The number of anilines is 2. The first kappa shape index (κ1) is 31.4. The van der Waals surface area contributed by atoms with Crippen molar-refractivity contribution in [2.45, 2.75) is 43.6 Å². The maximum absolute atomic E-state index is 10.9. The largest absolute Gasteiger partial charge is 0.455 e. The van der Waals surface area contributed by atoms with Crippen LogP contribution < -0.4 is 4.90 Å². The SMILES string of the molecule is CC12C=CC=CC1N(c1cc([C@@H]3CC=C(C#N)C(C#N)=C3n3c4c(c5c6oc7ccccc7c6ccc53)C=CCC4)c(C#N)cc1C#N)c1ccccc12. The molecule has 0 saturated carbocycles. The minimum atomic E-state index is -0.485. The average molecular weight is 695 g/mol. The molecule has 0 N–H and O–H groups in total. The summed E-state index contributed by atoms with van der Waals surface area (Å²) in [4.78, 5) is 2.22. The topological polar surface area (TPSA) is 116 Å². The molecule has 54 heavy (non-hydrogen) atoms. The minimum Gasteiger partial charge on any atom is -0.455 e. The lowest BCUT2D eigenvalue weighted by Crippen LogP contribution is -2.39. The lowest BCUT2D eigenvalue weighted by atomic mass is 9.76. The number of para-hydroxylation sites is 2. The van der Waals surface area contributed by atoms with Gasteiger partial charge < -0.3 is 13.9 Å². The molecule has 3 atom stereocenters. The van der Waals surface area contributed by atoms with E-state index in [1.165, 1.54) is 0 Å². The third-order valence-electron chi connectivity index (χ3n) is 11.9. The Morgan fingerprint density at radius 1 is 0.833 bits per heavy atom. The van der Waals surface area contributed by atoms with E-state index >= 15 is 0 Å². The van der Waals surface area contributed by atoms with Crippen molar-refractivity contribution in [3.63, 3.8) is 0 Å². The Morgan fingerprint density at radius 2 is 1.67 bits per heavy atom. The molecule has 2 unspecified atom stereocenters. The third kappa shape index (κ3) is 4.13. The van der Waals surface area contributed by atoms with Crippen molar-refractivity contribution in [2.24, 2.45) is 0 Å². The zero-order chi connectivity index (χ0) is 36.7. The Balaban J connectivity index is 1.26. The van der Waals surface area contributed by atoms with E-state index in [2.05, 4.69) is 101 Å². The Morgan fingerprint density at radius 3 is 2.50 bits per heavy atom. The van der Waals surface area contributed by atoms with E-state index in [1.807, 2.05) is 48.6 Å². The van der Waals surface area contributed by atoms with Gasteiger partial charge in [-0.25, -0.2) is 0 Å². The highest BCUT2D eigenvalue weighted by Crippen LogP contribution is 2.54. The van der Waals surface area contributed by atoms with Gasteiger partial charge in [0, 0.05) is 44.7 Å². The summed E-state index contributed by atoms with van der Waals surface area (Å²) in [6.45, 7) is 2.22. The highest BCUT2D eigenvalue weighted by atomic mass is 16.3. The number of allylic oxidation sites excluding steroid dienone is 7. The molecular weight excluding hydrogens is 665 g/mol. The Labute approximate surface area is 311 Å². The van der Waals surface area contributed by atoms with E-state index in [1.54, 1.807) is 6.07 Å². The number of fused-ring (bicyclic) bond motifs is 10. The van der Waals surface area contributed by atoms with Crippen LogP contribution in [0.25, 0.3) is 44.6 Å². The fourth-order valence-corrected chi connectivity index (χ4v) is 9.45. The van der Waals surface area contributed by atoms with Gasteiger partial charge in [-0.05, 0) is 73.7 Å². The van der Waals surface area contributed by atoms with E-state index in [-0.39, 0.29) is 17.0 Å². The van der Waals surface area contributed by atoms with Gasteiger partial charge in [-0.1, -0.05) is 78.9 Å². The lowest BCUT2D eigenvalue weighted by molar-refractivity contribution is 0.550. The summed E-state index contributed by atoms with van der Waals surface area (Å²) in [6, 6.07) is 33.6. The van der Waals surface area contributed by atoms with Crippen LogP contribution in [0, 0.1) is 45.3 Å². The molecule has 254 valence electrons. The second-order valence-electron chi connectivity index (χ2n) is 14.5. The molecule has 0 spiro atoms. The predicted molar refractivity (Wildman–Crippen MR) is 210 cm³/mol. The highest BCUT2D eigenvalue weighted by Gasteiger charge is 2.47. The van der Waals surface area contributed by atoms with Crippen molar-refractivity contribution in [1.29, 1.82) is 21.0 Å². The van der Waals surface area contributed by atoms with Crippen LogP contribution in [0.5, 0.6) is 0 Å². The van der Waals surface area contributed by atoms with Gasteiger partial charge in [0.2, 0.25) is 0 Å². The second kappa shape index (κ2) is 11.6. The standard InChI is InChI=1S/C47H30N6O/c1-47-21-9-8-16-43(47)52(39-14-6-4-12-37(39)47)41-23-35(29(25-49)22-30(41)26-50)32-18-17-28(24-48)36(27-51)45(32)53-38-13-5-2-11-34(38)44-40(53)20-19-33-31-10-3-7-15-42(31)54-46(33)44/h2-4,6-12,14-17,19-23,32,43H,5,13,18H2,1H3/t32-,43?,47?/m0/s1. The van der Waals surface area contributed by atoms with Gasteiger partial charge in [0.25, 0.3) is 0 Å². The molecule has 6 aromatic rings. The lowest BCUT2D eigenvalue weighted by Gasteiger charge is -2.36. The molecule has 0 fully saturated rings. The molecule has 7 heteroatoms. The van der Waals surface area contributed by atoms with Gasteiger partial charge >= 0.3 is 0 Å². The van der Waals surface area contributed by atoms with Gasteiger partial charge in [0.05, 0.1) is 51.0 Å². The molecule has 3 heterocycles. The third-order valence-corrected chi connectivity index (χ3v) is 11.9. The normalized spacial score (nSPS) is 21.0. The number of furan rings is 1. The van der Waals surface area contributed by atoms with Crippen molar-refractivity contribution >= 4 is 56.0 Å². The molecule has 1 aliphatic heterocycles. The molecule has 0 saturated heterocycles. The minimum absolute atomic E-state index is 0.104. The van der Waals surface area contributed by atoms with Crippen LogP contribution in [0.3, 0.4) is 0 Å². The first-order valence-corrected chi connectivity index (χ1v) is 18.1. The number of benzene rings is 4. The molecular formula is C47H30N6O. The summed E-state index contributed by atoms with van der Waals surface area (Å²) in [5, 5.41) is 45.6. The number of hydrogen-bond acceptors (Lipinski definition) is 6. The Bertz CT molecular complexity index is 3010. The average Bonchev–Trinajstić information content (AvgIpc) is 3.85. The van der Waals surface area contributed by atoms with Crippen LogP contribution in [0.4, 0.5) is 11.4 Å². The monoisotopic (exact) mass is 694 g/mol. The fraction of sp³-hybridized carbons (Fsp3) is 0.149. The van der Waals surface area contributed by atoms with E-state index in [9.17, 15) is 21.0 Å². The van der Waals surface area contributed by atoms with Crippen molar-refractivity contribution in [3.8, 4) is 24.3 Å². The Hall–Kier alpha value is -7.32. The molecule has 4 aromatic carbocycles. The zero-order valence-electron chi connectivity index (χ0n) is 29.3. The number of aromatic nitrogens is 1. The van der Waals surface area contributed by atoms with E-state index < -0.39 is 5.92 Å². The Kier molecular flexibility index (Phi) is 6.75. The highest BCUT2D eigenvalue weighted by molar-refractivity contribution is 6.17. The van der Waals surface area contributed by atoms with Gasteiger partial charge in [-0.2, -0.15) is 21.0 Å². The molecule has 2 aromatic heterocycles. The zero-order valence-corrected chi connectivity index (χ0v) is 29.3. The smallest absolute Gasteiger partial charge is 0.145 e. The number of nitrogens with zero attached hydrogens (tertiary/aromatic N) is 6. The fourth-order valence-electron chi connectivity index (χ4n) is 9.45. The van der Waals surface area contributed by atoms with Crippen LogP contribution >= 0.6 is 0 Å². The molecule has 0 bridgehead atoms. The molecule has 4 aliphatic rings. The van der Waals surface area contributed by atoms with Crippen LogP contribution in [0.1, 0.15) is 59.2 Å². The number of rotatable bonds is 3. The van der Waals surface area contributed by atoms with Crippen LogP contribution in [-0.4, -0.2) is 10.6 Å². The van der Waals surface area contributed by atoms with Gasteiger partial charge in [-0.3, -0.25) is 0 Å². The molecule has 7 nitrogen and oxygen atoms in total. The van der Waals surface area contributed by atoms with E-state index in [0.29, 0.717) is 40.1 Å². The molecule has 0 amide bonds. The van der Waals surface area contributed by atoms with Crippen molar-refractivity contribution in [2.75, 3.05) is 4.90 Å². The van der Waals surface area contributed by atoms with Gasteiger partial charge in [-0.15, -0.1) is 0 Å². The first-order chi connectivity index (χ1) is 26.5. The van der Waals surface area contributed by atoms with Crippen molar-refractivity contribution in [1.82, 2.24) is 4.57 Å². The molecule has 3 aliphatic carbocycles. The first-order valence-electron chi connectivity index (χ1n) is 18.1. The summed E-state index contributed by atoms with van der Waals surface area (Å²) < 4.78 is 8.74. The predicted octanol–water partition coefficient (Wildman–Crippen LogP) is 10.5. The quantitative estimate of drug-likeness (QED) is 0.182. The van der Waals surface area contributed by atoms with Crippen molar-refractivity contribution < 1.29 is 4.42 Å². The van der Waals surface area contributed by atoms with Crippen molar-refractivity contribution in [3.05, 3.63) is 154 Å². The summed E-state index contributed by atoms with van der Waals surface area (Å²) >= 11 is 0. The number of hydrogen-bond donors (Lipinski definition) is 0. The summed E-state index contributed by atoms with van der Waals surface area (Å²) in [6.07, 6.45) is 16.6. The maximum Gasteiger partial charge on any atom is 0.145 e. The molecule has 10 rings (SSSR count). The summed E-state index contributed by atoms with van der Waals surface area (Å²) in [5.74, 6) is -0.485. The number of nitriles is 4. The van der Waals surface area contributed by atoms with E-state index in [4.69, 9.17) is 4.42 Å². The van der Waals surface area contributed by atoms with Gasteiger partial charge in [0.15, 0.2) is 0 Å². The molecule has 0 radical (unpaired) electrons. The van der Waals surface area contributed by atoms with Crippen LogP contribution in [0.15, 0.2) is 125 Å². The van der Waals surface area contributed by atoms with Crippen LogP contribution in [0.2, 0.25) is 0 Å². The second-order valence-corrected chi connectivity index (χ2v) is 14.5. The van der Waals surface area contributed by atoms with E-state index in [0.717, 1.165) is 68.2 Å². The summed E-state index contributed by atoms with van der Waals surface area (Å²) in [5.41, 5.74) is 9.76. The van der Waals surface area contributed by atoms with Crippen LogP contribution in [-0.2, 0) is 11.8 Å². The van der Waals surface area contributed by atoms with Gasteiger partial charge in [0.1, 0.15) is 29.4 Å².